The summed E-state index contributed by atoms with van der Waals surface area (Å²) in [5.41, 5.74) is -0.622. The Bertz CT molecular complexity index is 806. The van der Waals surface area contributed by atoms with E-state index in [4.69, 9.17) is 10.7 Å². The number of carbonyl (C=O) groups is 1. The van der Waals surface area contributed by atoms with E-state index in [1.165, 1.54) is 17.5 Å². The zero-order chi connectivity index (χ0) is 16.7. The molecule has 2 rings (SSSR count). The minimum absolute atomic E-state index is 0.00562. The molecule has 0 unspecified atom stereocenters. The van der Waals surface area contributed by atoms with Crippen LogP contribution in [0.3, 0.4) is 0 Å². The van der Waals surface area contributed by atoms with Crippen LogP contribution in [0, 0.1) is 0 Å². The van der Waals surface area contributed by atoms with Crippen molar-refractivity contribution >= 4 is 48.4 Å². The third kappa shape index (κ3) is 3.14. The van der Waals surface area contributed by atoms with Crippen LogP contribution in [-0.4, -0.2) is 21.5 Å². The second kappa shape index (κ2) is 5.84. The van der Waals surface area contributed by atoms with Crippen LogP contribution in [0.5, 0.6) is 0 Å². The Kier molecular flexibility index (Phi) is 4.58. The largest absolute Gasteiger partial charge is 0.465 e. The summed E-state index contributed by atoms with van der Waals surface area (Å²) in [4.78, 5) is 8.90. The van der Waals surface area contributed by atoms with Crippen LogP contribution in [0.4, 0.5) is 13.2 Å². The fourth-order valence-electron chi connectivity index (χ4n) is 1.72. The number of ether oxygens (including phenoxy) is 1. The molecule has 0 aromatic carbocycles. The number of carbonyl (C=O) groups excluding carboxylic acids is 1. The molecule has 0 atom stereocenters. The van der Waals surface area contributed by atoms with Gasteiger partial charge in [-0.3, -0.25) is 0 Å². The molecule has 0 saturated heterocycles. The molecule has 0 fully saturated rings. The Morgan fingerprint density at radius 3 is 2.41 bits per heavy atom. The number of halogens is 4. The third-order valence-electron chi connectivity index (χ3n) is 2.50. The van der Waals surface area contributed by atoms with E-state index in [1.807, 2.05) is 0 Å². The van der Waals surface area contributed by atoms with E-state index in [0.29, 0.717) is 0 Å². The van der Waals surface area contributed by atoms with Gasteiger partial charge in [0.1, 0.15) is 14.6 Å². The summed E-state index contributed by atoms with van der Waals surface area (Å²) in [6, 6.07) is 2.77. The maximum absolute atomic E-state index is 13.2. The van der Waals surface area contributed by atoms with E-state index in [0.717, 1.165) is 18.4 Å². The van der Waals surface area contributed by atoms with Crippen molar-refractivity contribution in [1.82, 2.24) is 0 Å². The normalized spacial score (nSPS) is 12.4. The number of hydrogen-bond acceptors (Lipinski definition) is 6. The standard InChI is InChI=1S/C11H6ClF3O4S3/c1-19-10(16)7-8(22(12,17)18)6(5-3-2-4-20-5)9(21-7)11(13,14)15/h2-4H,1H3. The quantitative estimate of drug-likeness (QED) is 0.582. The maximum Gasteiger partial charge on any atom is 0.426 e. The highest BCUT2D eigenvalue weighted by Gasteiger charge is 2.43. The molecule has 0 radical (unpaired) electrons. The molecule has 0 amide bonds. The Balaban J connectivity index is 2.94. The number of thiophene rings is 2. The lowest BCUT2D eigenvalue weighted by molar-refractivity contribution is -0.133. The van der Waals surface area contributed by atoms with Gasteiger partial charge in [0.05, 0.1) is 7.11 Å². The van der Waals surface area contributed by atoms with Crippen molar-refractivity contribution in [2.75, 3.05) is 7.11 Å². The number of hydrogen-bond donors (Lipinski definition) is 0. The highest BCUT2D eigenvalue weighted by molar-refractivity contribution is 8.14. The minimum atomic E-state index is -4.84. The van der Waals surface area contributed by atoms with Crippen LogP contribution in [-0.2, 0) is 20.0 Å². The highest BCUT2D eigenvalue weighted by atomic mass is 35.7. The smallest absolute Gasteiger partial charge is 0.426 e. The van der Waals surface area contributed by atoms with Crippen molar-refractivity contribution in [1.29, 1.82) is 0 Å². The molecule has 0 aliphatic carbocycles. The number of rotatable bonds is 3. The summed E-state index contributed by atoms with van der Waals surface area (Å²) < 4.78 is 67.5. The maximum atomic E-state index is 13.2. The van der Waals surface area contributed by atoms with Gasteiger partial charge >= 0.3 is 12.1 Å². The third-order valence-corrected chi connectivity index (χ3v) is 6.09. The Hall–Kier alpha value is -1.10. The molecular formula is C11H6ClF3O4S3. The second-order valence-corrected chi connectivity index (χ2v) is 8.34. The van der Waals surface area contributed by atoms with Crippen molar-refractivity contribution in [3.63, 3.8) is 0 Å². The molecule has 0 N–H and O–H groups in total. The minimum Gasteiger partial charge on any atom is -0.465 e. The first-order chi connectivity index (χ1) is 10.1. The van der Waals surface area contributed by atoms with E-state index in [1.54, 1.807) is 0 Å². The van der Waals surface area contributed by atoms with Gasteiger partial charge in [0.15, 0.2) is 0 Å². The number of alkyl halides is 3. The van der Waals surface area contributed by atoms with Gasteiger partial charge in [-0.25, -0.2) is 13.2 Å². The van der Waals surface area contributed by atoms with Gasteiger partial charge in [-0.15, -0.1) is 22.7 Å². The Morgan fingerprint density at radius 1 is 1.36 bits per heavy atom. The van der Waals surface area contributed by atoms with E-state index < -0.39 is 41.4 Å². The van der Waals surface area contributed by atoms with Gasteiger partial charge in [0, 0.05) is 21.1 Å². The monoisotopic (exact) mass is 390 g/mol. The molecule has 2 aromatic rings. The first-order valence-electron chi connectivity index (χ1n) is 5.38. The SMILES string of the molecule is COC(=O)c1sc(C(F)(F)F)c(-c2cccs2)c1S(=O)(=O)Cl. The lowest BCUT2D eigenvalue weighted by atomic mass is 10.2. The van der Waals surface area contributed by atoms with Crippen LogP contribution < -0.4 is 0 Å². The van der Waals surface area contributed by atoms with Crippen molar-refractivity contribution in [2.24, 2.45) is 0 Å². The average Bonchev–Trinajstić information content (AvgIpc) is 3.02. The lowest BCUT2D eigenvalue weighted by Gasteiger charge is -2.07. The Morgan fingerprint density at radius 2 is 2.00 bits per heavy atom. The van der Waals surface area contributed by atoms with Crippen LogP contribution in [0.25, 0.3) is 10.4 Å². The molecule has 0 spiro atoms. The zero-order valence-electron chi connectivity index (χ0n) is 10.6. The van der Waals surface area contributed by atoms with Crippen LogP contribution >= 0.6 is 33.4 Å². The first kappa shape index (κ1) is 17.3. The molecule has 0 aliphatic rings. The van der Waals surface area contributed by atoms with Gasteiger partial charge in [-0.1, -0.05) is 6.07 Å². The van der Waals surface area contributed by atoms with Gasteiger partial charge in [-0.05, 0) is 11.4 Å². The highest BCUT2D eigenvalue weighted by Crippen LogP contribution is 2.49. The summed E-state index contributed by atoms with van der Waals surface area (Å²) in [6.45, 7) is 0. The van der Waals surface area contributed by atoms with Crippen LogP contribution in [0.2, 0.25) is 0 Å². The lowest BCUT2D eigenvalue weighted by Crippen LogP contribution is -2.05. The Labute approximate surface area is 135 Å². The fourth-order valence-corrected chi connectivity index (χ4v) is 5.51. The predicted molar refractivity (Wildman–Crippen MR) is 77.0 cm³/mol. The van der Waals surface area contributed by atoms with Crippen molar-refractivity contribution in [2.45, 2.75) is 11.1 Å². The van der Waals surface area contributed by atoms with Gasteiger partial charge < -0.3 is 4.74 Å². The molecule has 0 saturated carbocycles. The van der Waals surface area contributed by atoms with E-state index in [9.17, 15) is 26.4 Å². The molecule has 11 heteroatoms. The summed E-state index contributed by atoms with van der Waals surface area (Å²) >= 11 is 0.895. The van der Waals surface area contributed by atoms with E-state index in [-0.39, 0.29) is 16.2 Å². The van der Waals surface area contributed by atoms with Crippen molar-refractivity contribution < 1.29 is 31.1 Å². The molecule has 0 aliphatic heterocycles. The molecular weight excluding hydrogens is 385 g/mol. The molecule has 120 valence electrons. The van der Waals surface area contributed by atoms with Gasteiger partial charge in [0.2, 0.25) is 0 Å². The fraction of sp³-hybridized carbons (Fsp3) is 0.182. The first-order valence-corrected chi connectivity index (χ1v) is 9.38. The second-order valence-electron chi connectivity index (χ2n) is 3.87. The summed E-state index contributed by atoms with van der Waals surface area (Å²) in [5, 5.41) is 1.48. The van der Waals surface area contributed by atoms with Crippen LogP contribution in [0.1, 0.15) is 14.5 Å². The average molecular weight is 391 g/mol. The van der Waals surface area contributed by atoms with E-state index >= 15 is 0 Å². The summed E-state index contributed by atoms with van der Waals surface area (Å²) in [6.07, 6.45) is -4.84. The molecule has 4 nitrogen and oxygen atoms in total. The summed E-state index contributed by atoms with van der Waals surface area (Å²) in [7, 11) is 1.60. The van der Waals surface area contributed by atoms with E-state index in [2.05, 4.69) is 4.74 Å². The molecule has 2 aromatic heterocycles. The molecule has 2 heterocycles. The summed E-state index contributed by atoms with van der Waals surface area (Å²) in [5.74, 6) is -1.20. The molecule has 0 bridgehead atoms. The van der Waals surface area contributed by atoms with Crippen LogP contribution in [0.15, 0.2) is 22.4 Å². The number of esters is 1. The zero-order valence-corrected chi connectivity index (χ0v) is 13.8. The van der Waals surface area contributed by atoms with Crippen molar-refractivity contribution in [3.05, 3.63) is 27.3 Å². The predicted octanol–water partition coefficient (Wildman–Crippen LogP) is 4.21. The van der Waals surface area contributed by atoms with Crippen molar-refractivity contribution in [3.8, 4) is 10.4 Å². The number of methoxy groups -OCH3 is 1. The topological polar surface area (TPSA) is 60.4 Å². The molecule has 22 heavy (non-hydrogen) atoms. The van der Waals surface area contributed by atoms with Gasteiger partial charge in [0.25, 0.3) is 9.05 Å². The van der Waals surface area contributed by atoms with Gasteiger partial charge in [-0.2, -0.15) is 13.2 Å².